The summed E-state index contributed by atoms with van der Waals surface area (Å²) in [5.41, 5.74) is 3.47. The quantitative estimate of drug-likeness (QED) is 0.745. The molecule has 1 aromatic heterocycles. The van der Waals surface area contributed by atoms with Gasteiger partial charge in [0.05, 0.1) is 12.3 Å². The van der Waals surface area contributed by atoms with Crippen LogP contribution in [0.2, 0.25) is 0 Å². The van der Waals surface area contributed by atoms with Crippen molar-refractivity contribution in [1.82, 2.24) is 10.3 Å². The Hall–Kier alpha value is -1.19. The summed E-state index contributed by atoms with van der Waals surface area (Å²) in [6.07, 6.45) is 3.98. The van der Waals surface area contributed by atoms with E-state index in [9.17, 15) is 0 Å². The second-order valence-corrected chi connectivity index (χ2v) is 3.92. The third-order valence-corrected chi connectivity index (χ3v) is 2.22. The van der Waals surface area contributed by atoms with Crippen LogP contribution in [0, 0.1) is 6.92 Å². The monoisotopic (exact) mass is 220 g/mol. The molecule has 0 unspecified atom stereocenters. The zero-order valence-electron chi connectivity index (χ0n) is 10.3. The smallest absolute Gasteiger partial charge is 0.0629 e. The summed E-state index contributed by atoms with van der Waals surface area (Å²) in [6, 6.07) is 4.11. The molecule has 0 radical (unpaired) electrons. The van der Waals surface area contributed by atoms with E-state index < -0.39 is 0 Å². The molecular weight excluding hydrogens is 200 g/mol. The first-order valence-corrected chi connectivity index (χ1v) is 5.52. The lowest BCUT2D eigenvalue weighted by molar-refractivity contribution is 0.200. The van der Waals surface area contributed by atoms with E-state index in [0.29, 0.717) is 0 Å². The fourth-order valence-corrected chi connectivity index (χ4v) is 1.33. The van der Waals surface area contributed by atoms with Crippen molar-refractivity contribution in [3.8, 4) is 0 Å². The number of nitrogens with one attached hydrogen (secondary N) is 1. The van der Waals surface area contributed by atoms with Crippen LogP contribution in [0.4, 0.5) is 0 Å². The molecule has 16 heavy (non-hydrogen) atoms. The molecule has 0 atom stereocenters. The maximum Gasteiger partial charge on any atom is 0.0629 e. The molecule has 3 heteroatoms. The van der Waals surface area contributed by atoms with Gasteiger partial charge in [0.2, 0.25) is 0 Å². The van der Waals surface area contributed by atoms with E-state index in [1.54, 1.807) is 7.11 Å². The average molecular weight is 220 g/mol. The Kier molecular flexibility index (Phi) is 5.75. The van der Waals surface area contributed by atoms with Crippen LogP contribution in [0.1, 0.15) is 18.2 Å². The predicted octanol–water partition coefficient (Wildman–Crippen LogP) is 2.03. The van der Waals surface area contributed by atoms with Gasteiger partial charge in [0, 0.05) is 26.4 Å². The maximum absolute atomic E-state index is 4.96. The second kappa shape index (κ2) is 7.14. The maximum atomic E-state index is 4.96. The number of nitrogens with zero attached hydrogens (tertiary/aromatic N) is 1. The Labute approximate surface area is 97.5 Å². The normalized spacial score (nSPS) is 11.8. The number of hydrogen-bond acceptors (Lipinski definition) is 3. The van der Waals surface area contributed by atoms with Gasteiger partial charge in [-0.15, -0.1) is 0 Å². The van der Waals surface area contributed by atoms with Gasteiger partial charge in [-0.3, -0.25) is 4.98 Å². The van der Waals surface area contributed by atoms with E-state index in [1.165, 1.54) is 11.1 Å². The molecule has 0 aromatic carbocycles. The molecule has 0 aliphatic carbocycles. The molecule has 0 saturated carbocycles. The van der Waals surface area contributed by atoms with Crippen LogP contribution in [0.25, 0.3) is 6.08 Å². The minimum absolute atomic E-state index is 0.746. The molecule has 0 aliphatic heterocycles. The standard InChI is InChI=1S/C13H20N2O/c1-11-4-5-13(15-10-11)8-12(2)9-14-6-7-16-3/h4-5,8,10,14H,6-7,9H2,1-3H3/b12-8+. The molecule has 88 valence electrons. The molecule has 0 amide bonds. The van der Waals surface area contributed by atoms with E-state index in [-0.39, 0.29) is 0 Å². The molecule has 1 rings (SSSR count). The molecular formula is C13H20N2O. The van der Waals surface area contributed by atoms with Gasteiger partial charge in [0.15, 0.2) is 0 Å². The fourth-order valence-electron chi connectivity index (χ4n) is 1.33. The molecule has 0 aliphatic rings. The lowest BCUT2D eigenvalue weighted by Gasteiger charge is -2.04. The lowest BCUT2D eigenvalue weighted by Crippen LogP contribution is -2.20. The molecule has 3 nitrogen and oxygen atoms in total. The van der Waals surface area contributed by atoms with E-state index in [1.807, 2.05) is 19.2 Å². The van der Waals surface area contributed by atoms with Crippen molar-refractivity contribution < 1.29 is 4.74 Å². The zero-order valence-corrected chi connectivity index (χ0v) is 10.3. The summed E-state index contributed by atoms with van der Waals surface area (Å²) in [6.45, 7) is 6.64. The van der Waals surface area contributed by atoms with Gasteiger partial charge in [-0.1, -0.05) is 11.6 Å². The number of aryl methyl sites for hydroxylation is 1. The summed E-state index contributed by atoms with van der Waals surface area (Å²) in [7, 11) is 1.71. The second-order valence-electron chi connectivity index (χ2n) is 3.92. The van der Waals surface area contributed by atoms with Crippen LogP contribution < -0.4 is 5.32 Å². The van der Waals surface area contributed by atoms with Crippen LogP contribution in [-0.2, 0) is 4.74 Å². The van der Waals surface area contributed by atoms with Crippen LogP contribution in [-0.4, -0.2) is 31.8 Å². The van der Waals surface area contributed by atoms with Crippen molar-refractivity contribution in [2.75, 3.05) is 26.8 Å². The molecule has 1 N–H and O–H groups in total. The number of rotatable bonds is 6. The van der Waals surface area contributed by atoms with Gasteiger partial charge in [-0.05, 0) is 31.6 Å². The van der Waals surface area contributed by atoms with E-state index in [0.717, 1.165) is 25.4 Å². The summed E-state index contributed by atoms with van der Waals surface area (Å²) in [5, 5.41) is 3.30. The number of aromatic nitrogens is 1. The SMILES string of the molecule is COCCNC/C(C)=C/c1ccc(C)cn1. The highest BCUT2D eigenvalue weighted by molar-refractivity contribution is 5.48. The van der Waals surface area contributed by atoms with Crippen LogP contribution in [0.3, 0.4) is 0 Å². The van der Waals surface area contributed by atoms with Crippen molar-refractivity contribution in [3.05, 3.63) is 35.2 Å². The molecule has 1 heterocycles. The van der Waals surface area contributed by atoms with Crippen molar-refractivity contribution in [1.29, 1.82) is 0 Å². The summed E-state index contributed by atoms with van der Waals surface area (Å²) < 4.78 is 4.96. The van der Waals surface area contributed by atoms with Crippen molar-refractivity contribution in [2.24, 2.45) is 0 Å². The van der Waals surface area contributed by atoms with Gasteiger partial charge >= 0.3 is 0 Å². The van der Waals surface area contributed by atoms with Gasteiger partial charge in [0.1, 0.15) is 0 Å². The topological polar surface area (TPSA) is 34.1 Å². The molecule has 0 bridgehead atoms. The minimum Gasteiger partial charge on any atom is -0.383 e. The van der Waals surface area contributed by atoms with E-state index >= 15 is 0 Å². The molecule has 0 saturated heterocycles. The van der Waals surface area contributed by atoms with Gasteiger partial charge in [-0.2, -0.15) is 0 Å². The van der Waals surface area contributed by atoms with Gasteiger partial charge in [0.25, 0.3) is 0 Å². The highest BCUT2D eigenvalue weighted by Crippen LogP contribution is 2.04. The largest absolute Gasteiger partial charge is 0.383 e. The Morgan fingerprint density at radius 3 is 2.94 bits per heavy atom. The third-order valence-electron chi connectivity index (χ3n) is 2.22. The van der Waals surface area contributed by atoms with E-state index in [2.05, 4.69) is 29.4 Å². The molecule has 0 fully saturated rings. The van der Waals surface area contributed by atoms with Crippen LogP contribution in [0.15, 0.2) is 23.9 Å². The van der Waals surface area contributed by atoms with Gasteiger partial charge < -0.3 is 10.1 Å². The van der Waals surface area contributed by atoms with Crippen molar-refractivity contribution >= 4 is 6.08 Å². The third kappa shape index (κ3) is 5.05. The number of hydrogen-bond donors (Lipinski definition) is 1. The summed E-state index contributed by atoms with van der Waals surface area (Å²) in [5.74, 6) is 0. The first kappa shape index (κ1) is 12.9. The van der Waals surface area contributed by atoms with Gasteiger partial charge in [-0.25, -0.2) is 0 Å². The molecule has 1 aromatic rings. The van der Waals surface area contributed by atoms with Crippen LogP contribution in [0.5, 0.6) is 0 Å². The van der Waals surface area contributed by atoms with E-state index in [4.69, 9.17) is 4.74 Å². The Morgan fingerprint density at radius 2 is 2.31 bits per heavy atom. The number of ether oxygens (including phenoxy) is 1. The Balaban J connectivity index is 2.40. The summed E-state index contributed by atoms with van der Waals surface area (Å²) in [4.78, 5) is 4.33. The fraction of sp³-hybridized carbons (Fsp3) is 0.462. The van der Waals surface area contributed by atoms with Crippen LogP contribution >= 0.6 is 0 Å². The number of methoxy groups -OCH3 is 1. The van der Waals surface area contributed by atoms with Crippen molar-refractivity contribution in [2.45, 2.75) is 13.8 Å². The first-order chi connectivity index (χ1) is 7.72. The lowest BCUT2D eigenvalue weighted by atomic mass is 10.2. The zero-order chi connectivity index (χ0) is 11.8. The average Bonchev–Trinajstić information content (AvgIpc) is 2.28. The predicted molar refractivity (Wildman–Crippen MR) is 67.4 cm³/mol. The van der Waals surface area contributed by atoms with Crippen molar-refractivity contribution in [3.63, 3.8) is 0 Å². The summed E-state index contributed by atoms with van der Waals surface area (Å²) >= 11 is 0. The highest BCUT2D eigenvalue weighted by Gasteiger charge is 1.93. The minimum atomic E-state index is 0.746. The number of pyridine rings is 1. The molecule has 0 spiro atoms. The Bertz CT molecular complexity index is 330. The Morgan fingerprint density at radius 1 is 1.50 bits per heavy atom. The first-order valence-electron chi connectivity index (χ1n) is 5.52. The highest BCUT2D eigenvalue weighted by atomic mass is 16.5.